The second-order valence-electron chi connectivity index (χ2n) is 5.35. The Morgan fingerprint density at radius 2 is 1.91 bits per heavy atom. The average Bonchev–Trinajstić information content (AvgIpc) is 2.89. The fourth-order valence-corrected chi connectivity index (χ4v) is 2.75. The van der Waals surface area contributed by atoms with E-state index in [9.17, 15) is 5.11 Å². The monoisotopic (exact) mass is 290 g/mol. The summed E-state index contributed by atoms with van der Waals surface area (Å²) in [7, 11) is 0. The van der Waals surface area contributed by atoms with Gasteiger partial charge in [-0.25, -0.2) is 9.97 Å². The highest BCUT2D eigenvalue weighted by atomic mass is 16.3. The predicted octanol–water partition coefficient (Wildman–Crippen LogP) is 3.37. The van der Waals surface area contributed by atoms with Gasteiger partial charge in [-0.15, -0.1) is 0 Å². The molecule has 4 aromatic rings. The molecule has 0 unspecified atom stereocenters. The molecule has 0 amide bonds. The van der Waals surface area contributed by atoms with Crippen molar-refractivity contribution in [3.63, 3.8) is 0 Å². The Kier molecular flexibility index (Phi) is 2.56. The lowest BCUT2D eigenvalue weighted by Crippen LogP contribution is -1.97. The highest BCUT2D eigenvalue weighted by molar-refractivity contribution is 5.90. The van der Waals surface area contributed by atoms with Crippen LogP contribution in [0.5, 0.6) is 5.75 Å². The zero-order valence-corrected chi connectivity index (χ0v) is 12.0. The number of fused-ring (bicyclic) bond motifs is 2. The molecule has 0 aliphatic carbocycles. The van der Waals surface area contributed by atoms with Crippen molar-refractivity contribution in [1.82, 2.24) is 15.0 Å². The molecule has 0 radical (unpaired) electrons. The molecule has 2 aromatic heterocycles. The molecule has 4 rings (SSSR count). The van der Waals surface area contributed by atoms with E-state index in [2.05, 4.69) is 21.0 Å². The van der Waals surface area contributed by atoms with Crippen LogP contribution in [0.3, 0.4) is 0 Å². The predicted molar refractivity (Wildman–Crippen MR) is 87.6 cm³/mol. The van der Waals surface area contributed by atoms with Gasteiger partial charge in [0.2, 0.25) is 5.95 Å². The van der Waals surface area contributed by atoms with Gasteiger partial charge in [0.25, 0.3) is 0 Å². The lowest BCUT2D eigenvalue weighted by atomic mass is 10.1. The van der Waals surface area contributed by atoms with Crippen molar-refractivity contribution >= 4 is 27.8 Å². The van der Waals surface area contributed by atoms with Crippen LogP contribution in [0.1, 0.15) is 5.69 Å². The lowest BCUT2D eigenvalue weighted by molar-refractivity contribution is 0.476. The first-order valence-corrected chi connectivity index (χ1v) is 6.96. The standard InChI is InChI=1S/C17H14N4O/c1-9-13-7-10(2-4-15(13)21-17(18)19-9)16-8-11-6-12(22)3-5-14(11)20-16/h2-8,20,22H,1H3,(H2,18,19,21). The number of nitrogens with one attached hydrogen (secondary N) is 1. The minimum atomic E-state index is 0.260. The van der Waals surface area contributed by atoms with Gasteiger partial charge in [-0.2, -0.15) is 0 Å². The number of aromatic amines is 1. The van der Waals surface area contributed by atoms with Gasteiger partial charge in [0, 0.05) is 22.0 Å². The smallest absolute Gasteiger partial charge is 0.220 e. The SMILES string of the molecule is Cc1nc(N)nc2ccc(-c3cc4cc(O)ccc4[nH]3)cc12. The Hall–Kier alpha value is -3.08. The molecular weight excluding hydrogens is 276 g/mol. The fourth-order valence-electron chi connectivity index (χ4n) is 2.75. The van der Waals surface area contributed by atoms with E-state index in [0.29, 0.717) is 5.95 Å². The van der Waals surface area contributed by atoms with Crippen molar-refractivity contribution in [1.29, 1.82) is 0 Å². The summed E-state index contributed by atoms with van der Waals surface area (Å²) >= 11 is 0. The van der Waals surface area contributed by atoms with E-state index < -0.39 is 0 Å². The summed E-state index contributed by atoms with van der Waals surface area (Å²) in [5.41, 5.74) is 10.4. The van der Waals surface area contributed by atoms with Crippen LogP contribution in [-0.4, -0.2) is 20.1 Å². The van der Waals surface area contributed by atoms with E-state index in [-0.39, 0.29) is 5.75 Å². The first-order valence-electron chi connectivity index (χ1n) is 6.96. The van der Waals surface area contributed by atoms with Gasteiger partial charge >= 0.3 is 0 Å². The van der Waals surface area contributed by atoms with Crippen LogP contribution in [0.4, 0.5) is 5.95 Å². The number of phenolic OH excluding ortho intramolecular Hbond substituents is 1. The van der Waals surface area contributed by atoms with Crippen molar-refractivity contribution in [2.45, 2.75) is 6.92 Å². The van der Waals surface area contributed by atoms with Crippen molar-refractivity contribution in [3.05, 3.63) is 48.2 Å². The summed E-state index contributed by atoms with van der Waals surface area (Å²) in [5, 5.41) is 11.5. The topological polar surface area (TPSA) is 87.8 Å². The maximum absolute atomic E-state index is 9.57. The Balaban J connectivity index is 1.92. The molecule has 0 aliphatic heterocycles. The van der Waals surface area contributed by atoms with Crippen molar-refractivity contribution < 1.29 is 5.11 Å². The summed E-state index contributed by atoms with van der Waals surface area (Å²) < 4.78 is 0. The van der Waals surface area contributed by atoms with E-state index >= 15 is 0 Å². The van der Waals surface area contributed by atoms with Gasteiger partial charge in [-0.3, -0.25) is 0 Å². The Morgan fingerprint density at radius 3 is 2.77 bits per heavy atom. The zero-order valence-electron chi connectivity index (χ0n) is 12.0. The van der Waals surface area contributed by atoms with Gasteiger partial charge in [-0.1, -0.05) is 6.07 Å². The first kappa shape index (κ1) is 12.6. The van der Waals surface area contributed by atoms with E-state index in [1.165, 1.54) is 0 Å². The lowest BCUT2D eigenvalue weighted by Gasteiger charge is -2.05. The van der Waals surface area contributed by atoms with Crippen LogP contribution < -0.4 is 5.73 Å². The third-order valence-electron chi connectivity index (χ3n) is 3.82. The summed E-state index contributed by atoms with van der Waals surface area (Å²) in [6.45, 7) is 1.92. The zero-order chi connectivity index (χ0) is 15.3. The van der Waals surface area contributed by atoms with Crippen LogP contribution in [0.2, 0.25) is 0 Å². The number of benzene rings is 2. The number of aromatic nitrogens is 3. The van der Waals surface area contributed by atoms with Gasteiger partial charge in [0.15, 0.2) is 0 Å². The number of aromatic hydroxyl groups is 1. The summed E-state index contributed by atoms with van der Waals surface area (Å²) in [4.78, 5) is 11.8. The second-order valence-corrected chi connectivity index (χ2v) is 5.35. The highest BCUT2D eigenvalue weighted by Gasteiger charge is 2.08. The number of nitrogen functional groups attached to an aromatic ring is 1. The molecule has 2 heterocycles. The molecule has 0 bridgehead atoms. The van der Waals surface area contributed by atoms with Crippen LogP contribution in [0, 0.1) is 6.92 Å². The van der Waals surface area contributed by atoms with Crippen molar-refractivity contribution in [3.8, 4) is 17.0 Å². The molecule has 5 nitrogen and oxygen atoms in total. The summed E-state index contributed by atoms with van der Waals surface area (Å²) in [6.07, 6.45) is 0. The van der Waals surface area contributed by atoms with E-state index in [1.807, 2.05) is 31.2 Å². The van der Waals surface area contributed by atoms with E-state index in [1.54, 1.807) is 12.1 Å². The van der Waals surface area contributed by atoms with Gasteiger partial charge in [0.1, 0.15) is 5.75 Å². The van der Waals surface area contributed by atoms with Crippen LogP contribution >= 0.6 is 0 Å². The Bertz CT molecular complexity index is 1020. The van der Waals surface area contributed by atoms with Crippen LogP contribution in [0.15, 0.2) is 42.5 Å². The van der Waals surface area contributed by atoms with Crippen molar-refractivity contribution in [2.75, 3.05) is 5.73 Å². The molecule has 4 N–H and O–H groups in total. The van der Waals surface area contributed by atoms with E-state index in [0.717, 1.165) is 38.8 Å². The maximum Gasteiger partial charge on any atom is 0.220 e. The largest absolute Gasteiger partial charge is 0.508 e. The van der Waals surface area contributed by atoms with E-state index in [4.69, 9.17) is 5.73 Å². The first-order chi connectivity index (χ1) is 10.6. The number of aryl methyl sites for hydroxylation is 1. The molecular formula is C17H14N4O. The molecule has 0 saturated carbocycles. The molecule has 22 heavy (non-hydrogen) atoms. The highest BCUT2D eigenvalue weighted by Crippen LogP contribution is 2.29. The molecule has 5 heteroatoms. The second kappa shape index (κ2) is 4.46. The number of hydrogen-bond acceptors (Lipinski definition) is 4. The minimum absolute atomic E-state index is 0.260. The van der Waals surface area contributed by atoms with Gasteiger partial charge in [0.05, 0.1) is 11.2 Å². The number of H-pyrrole nitrogens is 1. The number of nitrogens with two attached hydrogens (primary N) is 1. The Labute approximate surface area is 126 Å². The average molecular weight is 290 g/mol. The molecule has 0 aliphatic rings. The minimum Gasteiger partial charge on any atom is -0.508 e. The quantitative estimate of drug-likeness (QED) is 0.501. The molecule has 0 fully saturated rings. The number of anilines is 1. The molecule has 0 saturated heterocycles. The van der Waals surface area contributed by atoms with Crippen LogP contribution in [-0.2, 0) is 0 Å². The molecule has 2 aromatic carbocycles. The number of rotatable bonds is 1. The molecule has 0 spiro atoms. The normalized spacial score (nSPS) is 11.3. The maximum atomic E-state index is 9.57. The summed E-state index contributed by atoms with van der Waals surface area (Å²) in [6, 6.07) is 13.3. The number of hydrogen-bond donors (Lipinski definition) is 3. The van der Waals surface area contributed by atoms with Gasteiger partial charge < -0.3 is 15.8 Å². The number of nitrogens with zero attached hydrogens (tertiary/aromatic N) is 2. The third kappa shape index (κ3) is 1.95. The summed E-state index contributed by atoms with van der Waals surface area (Å²) in [5.74, 6) is 0.551. The Morgan fingerprint density at radius 1 is 1.05 bits per heavy atom. The molecule has 108 valence electrons. The third-order valence-corrected chi connectivity index (χ3v) is 3.82. The fraction of sp³-hybridized carbons (Fsp3) is 0.0588. The molecule has 0 atom stereocenters. The van der Waals surface area contributed by atoms with Gasteiger partial charge in [-0.05, 0) is 48.9 Å². The van der Waals surface area contributed by atoms with Crippen LogP contribution in [0.25, 0.3) is 33.1 Å². The van der Waals surface area contributed by atoms with Crippen molar-refractivity contribution in [2.24, 2.45) is 0 Å². The number of phenols is 1.